The van der Waals surface area contributed by atoms with Gasteiger partial charge in [0.05, 0.1) is 0 Å². The maximum absolute atomic E-state index is 12.4. The van der Waals surface area contributed by atoms with Gasteiger partial charge in [-0.2, -0.15) is 0 Å². The minimum Gasteiger partial charge on any atom is -0.490 e. The van der Waals surface area contributed by atoms with Gasteiger partial charge in [-0.05, 0) is 36.7 Å². The number of carbonyl (C=O) groups excluding carboxylic acids is 1. The van der Waals surface area contributed by atoms with Gasteiger partial charge in [0.15, 0.2) is 0 Å². The van der Waals surface area contributed by atoms with E-state index in [2.05, 4.69) is 11.9 Å². The molecule has 0 radical (unpaired) electrons. The number of benzene rings is 1. The Labute approximate surface area is 126 Å². The van der Waals surface area contributed by atoms with Crippen LogP contribution in [-0.4, -0.2) is 37.6 Å². The number of hydrogen-bond donors (Lipinski definition) is 1. The Morgan fingerprint density at radius 2 is 2.14 bits per heavy atom. The maximum atomic E-state index is 12.4. The molecule has 0 aliphatic carbocycles. The Balaban J connectivity index is 1.87. The highest BCUT2D eigenvalue weighted by atomic mass is 16.5. The number of ether oxygens (including phenoxy) is 1. The molecule has 2 rings (SSSR count). The monoisotopic (exact) mass is 288 g/mol. The molecule has 1 heterocycles. The molecule has 21 heavy (non-hydrogen) atoms. The lowest BCUT2D eigenvalue weighted by Gasteiger charge is -2.34. The maximum Gasteiger partial charge on any atom is 0.225 e. The zero-order valence-electron chi connectivity index (χ0n) is 12.8. The predicted octanol–water partition coefficient (Wildman–Crippen LogP) is 2.07. The fraction of sp³-hybridized carbons (Fsp3) is 0.471. The summed E-state index contributed by atoms with van der Waals surface area (Å²) in [4.78, 5) is 14.2. The van der Waals surface area contributed by atoms with Gasteiger partial charge in [0.25, 0.3) is 0 Å². The zero-order valence-corrected chi connectivity index (χ0v) is 12.8. The summed E-state index contributed by atoms with van der Waals surface area (Å²) in [7, 11) is 1.87. The molecular formula is C17H24N2O2. The predicted molar refractivity (Wildman–Crippen MR) is 84.1 cm³/mol. The Bertz CT molecular complexity index is 480. The van der Waals surface area contributed by atoms with Crippen molar-refractivity contribution >= 4 is 5.91 Å². The van der Waals surface area contributed by atoms with Gasteiger partial charge in [-0.25, -0.2) is 0 Å². The molecule has 1 saturated heterocycles. The summed E-state index contributed by atoms with van der Waals surface area (Å²) < 4.78 is 5.45. The van der Waals surface area contributed by atoms with Crippen molar-refractivity contribution in [1.82, 2.24) is 10.2 Å². The molecular weight excluding hydrogens is 264 g/mol. The number of carbonyl (C=O) groups is 1. The minimum atomic E-state index is 0.0893. The number of amides is 1. The second-order valence-corrected chi connectivity index (χ2v) is 5.64. The van der Waals surface area contributed by atoms with Gasteiger partial charge in [0, 0.05) is 19.5 Å². The van der Waals surface area contributed by atoms with Crippen LogP contribution in [0.3, 0.4) is 0 Å². The molecule has 114 valence electrons. The largest absolute Gasteiger partial charge is 0.490 e. The smallest absolute Gasteiger partial charge is 0.225 e. The van der Waals surface area contributed by atoms with Crippen LogP contribution >= 0.6 is 0 Å². The molecule has 0 saturated carbocycles. The first kappa shape index (κ1) is 15.6. The summed E-state index contributed by atoms with van der Waals surface area (Å²) in [5, 5.41) is 3.22. The normalized spacial score (nSPS) is 15.9. The molecule has 1 aliphatic heterocycles. The molecule has 4 heteroatoms. The summed E-state index contributed by atoms with van der Waals surface area (Å²) in [6.45, 7) is 8.69. The molecule has 1 N–H and O–H groups in total. The van der Waals surface area contributed by atoms with Crippen molar-refractivity contribution < 1.29 is 9.53 Å². The van der Waals surface area contributed by atoms with E-state index in [1.54, 1.807) is 6.08 Å². The average molecular weight is 288 g/mol. The van der Waals surface area contributed by atoms with Gasteiger partial charge in [-0.15, -0.1) is 0 Å². The van der Waals surface area contributed by atoms with E-state index in [-0.39, 0.29) is 11.8 Å². The van der Waals surface area contributed by atoms with Crippen molar-refractivity contribution in [2.45, 2.75) is 13.5 Å². The van der Waals surface area contributed by atoms with E-state index in [9.17, 15) is 4.79 Å². The van der Waals surface area contributed by atoms with Crippen molar-refractivity contribution in [2.24, 2.45) is 11.8 Å². The second-order valence-electron chi connectivity index (χ2n) is 5.64. The molecule has 1 aliphatic rings. The molecule has 0 aromatic heterocycles. The van der Waals surface area contributed by atoms with Crippen molar-refractivity contribution in [3.05, 3.63) is 42.5 Å². The lowest BCUT2D eigenvalue weighted by molar-refractivity contribution is -0.136. The van der Waals surface area contributed by atoms with Crippen LogP contribution in [0.5, 0.6) is 5.75 Å². The molecule has 0 spiro atoms. The van der Waals surface area contributed by atoms with Crippen LogP contribution in [0.4, 0.5) is 0 Å². The summed E-state index contributed by atoms with van der Waals surface area (Å²) in [6.07, 6.45) is 1.72. The van der Waals surface area contributed by atoms with E-state index in [0.717, 1.165) is 24.4 Å². The zero-order chi connectivity index (χ0) is 15.2. The third kappa shape index (κ3) is 4.08. The molecule has 1 aromatic rings. The molecule has 1 atom stereocenters. The van der Waals surface area contributed by atoms with E-state index in [1.165, 1.54) is 0 Å². The molecule has 0 bridgehead atoms. The molecule has 1 unspecified atom stereocenters. The first-order chi connectivity index (χ1) is 10.1. The lowest BCUT2D eigenvalue weighted by atomic mass is 9.88. The molecule has 1 fully saturated rings. The fourth-order valence-electron chi connectivity index (χ4n) is 2.41. The van der Waals surface area contributed by atoms with Crippen molar-refractivity contribution in [3.8, 4) is 5.75 Å². The van der Waals surface area contributed by atoms with E-state index < -0.39 is 0 Å². The van der Waals surface area contributed by atoms with Gasteiger partial charge < -0.3 is 15.0 Å². The van der Waals surface area contributed by atoms with Gasteiger partial charge in [0.2, 0.25) is 5.91 Å². The third-order valence-electron chi connectivity index (χ3n) is 4.00. The first-order valence-corrected chi connectivity index (χ1v) is 7.40. The summed E-state index contributed by atoms with van der Waals surface area (Å²) in [6, 6.07) is 7.85. The number of nitrogens with zero attached hydrogens (tertiary/aromatic N) is 1. The highest BCUT2D eigenvalue weighted by Gasteiger charge is 2.30. The van der Waals surface area contributed by atoms with Gasteiger partial charge in [-0.3, -0.25) is 4.79 Å². The molecule has 1 aromatic carbocycles. The number of hydrogen-bond acceptors (Lipinski definition) is 3. The average Bonchev–Trinajstić information content (AvgIpc) is 2.43. The first-order valence-electron chi connectivity index (χ1n) is 7.40. The van der Waals surface area contributed by atoms with Crippen LogP contribution in [0.2, 0.25) is 0 Å². The van der Waals surface area contributed by atoms with Crippen LogP contribution in [0.1, 0.15) is 12.5 Å². The van der Waals surface area contributed by atoms with Crippen LogP contribution in [0, 0.1) is 11.8 Å². The van der Waals surface area contributed by atoms with Crippen LogP contribution < -0.4 is 10.1 Å². The highest BCUT2D eigenvalue weighted by molar-refractivity contribution is 5.78. The van der Waals surface area contributed by atoms with Crippen molar-refractivity contribution in [1.29, 1.82) is 0 Å². The highest BCUT2D eigenvalue weighted by Crippen LogP contribution is 2.19. The standard InChI is InChI=1S/C17H24N2O2/c1-4-9-21-16-7-5-14(6-8-16)12-19(3)17(20)13(2)15-10-18-11-15/h4-8,13,15,18H,1,9-12H2,2-3H3. The SMILES string of the molecule is C=CCOc1ccc(CN(C)C(=O)C(C)C2CNC2)cc1. The Morgan fingerprint density at radius 3 is 2.67 bits per heavy atom. The number of rotatable bonds is 7. The quantitative estimate of drug-likeness (QED) is 0.781. The minimum absolute atomic E-state index is 0.0893. The van der Waals surface area contributed by atoms with E-state index >= 15 is 0 Å². The topological polar surface area (TPSA) is 41.6 Å². The lowest BCUT2D eigenvalue weighted by Crippen LogP contribution is -2.49. The van der Waals surface area contributed by atoms with E-state index in [4.69, 9.17) is 4.74 Å². The van der Waals surface area contributed by atoms with Crippen LogP contribution in [0.15, 0.2) is 36.9 Å². The third-order valence-corrected chi connectivity index (χ3v) is 4.00. The van der Waals surface area contributed by atoms with Crippen LogP contribution in [-0.2, 0) is 11.3 Å². The van der Waals surface area contributed by atoms with E-state index in [1.807, 2.05) is 43.1 Å². The Kier molecular flexibility index (Phi) is 5.39. The number of nitrogens with one attached hydrogen (secondary N) is 1. The summed E-state index contributed by atoms with van der Waals surface area (Å²) in [5.41, 5.74) is 1.11. The van der Waals surface area contributed by atoms with E-state index in [0.29, 0.717) is 19.1 Å². The summed E-state index contributed by atoms with van der Waals surface area (Å²) >= 11 is 0. The van der Waals surface area contributed by atoms with Crippen LogP contribution in [0.25, 0.3) is 0 Å². The Morgan fingerprint density at radius 1 is 1.48 bits per heavy atom. The van der Waals surface area contributed by atoms with Crippen molar-refractivity contribution in [3.63, 3.8) is 0 Å². The molecule has 4 nitrogen and oxygen atoms in total. The molecule has 1 amide bonds. The van der Waals surface area contributed by atoms with Gasteiger partial charge in [-0.1, -0.05) is 31.7 Å². The summed E-state index contributed by atoms with van der Waals surface area (Å²) in [5.74, 6) is 1.61. The second kappa shape index (κ2) is 7.27. The van der Waals surface area contributed by atoms with Gasteiger partial charge >= 0.3 is 0 Å². The Hall–Kier alpha value is -1.81. The van der Waals surface area contributed by atoms with Gasteiger partial charge in [0.1, 0.15) is 12.4 Å². The van der Waals surface area contributed by atoms with Crippen molar-refractivity contribution in [2.75, 3.05) is 26.7 Å². The fourth-order valence-corrected chi connectivity index (χ4v) is 2.41.